The first-order valence-corrected chi connectivity index (χ1v) is 7.88. The Kier molecular flexibility index (Phi) is 4.46. The SMILES string of the molecule is CNC(c1ccsc1C)C1(N(C)C)CCCCC1. The smallest absolute Gasteiger partial charge is 0.0515 e. The maximum absolute atomic E-state index is 3.60. The lowest BCUT2D eigenvalue weighted by Crippen LogP contribution is -2.54. The van der Waals surface area contributed by atoms with Gasteiger partial charge >= 0.3 is 0 Å². The van der Waals surface area contributed by atoms with Gasteiger partial charge < -0.3 is 10.2 Å². The first-order chi connectivity index (χ1) is 8.62. The normalized spacial score (nSPS) is 21.2. The molecule has 1 aliphatic carbocycles. The monoisotopic (exact) mass is 266 g/mol. The summed E-state index contributed by atoms with van der Waals surface area (Å²) in [6.45, 7) is 2.25. The van der Waals surface area contributed by atoms with Crippen LogP contribution in [0.2, 0.25) is 0 Å². The van der Waals surface area contributed by atoms with Crippen LogP contribution in [0, 0.1) is 6.92 Å². The van der Waals surface area contributed by atoms with Crippen LogP contribution in [0.4, 0.5) is 0 Å². The zero-order chi connectivity index (χ0) is 13.2. The van der Waals surface area contributed by atoms with Crippen LogP contribution in [-0.2, 0) is 0 Å². The van der Waals surface area contributed by atoms with Gasteiger partial charge in [0.25, 0.3) is 0 Å². The molecule has 0 bridgehead atoms. The molecule has 0 radical (unpaired) electrons. The fourth-order valence-electron chi connectivity index (χ4n) is 3.57. The average molecular weight is 266 g/mol. The van der Waals surface area contributed by atoms with Crippen molar-refractivity contribution in [1.82, 2.24) is 10.2 Å². The number of nitrogens with one attached hydrogen (secondary N) is 1. The van der Waals surface area contributed by atoms with E-state index >= 15 is 0 Å². The van der Waals surface area contributed by atoms with Gasteiger partial charge in [-0.15, -0.1) is 11.3 Å². The van der Waals surface area contributed by atoms with Crippen molar-refractivity contribution >= 4 is 11.3 Å². The number of likely N-dealkylation sites (N-methyl/N-ethyl adjacent to an activating group) is 2. The molecule has 1 heterocycles. The molecule has 1 atom stereocenters. The van der Waals surface area contributed by atoms with Crippen molar-refractivity contribution in [2.75, 3.05) is 21.1 Å². The van der Waals surface area contributed by atoms with E-state index in [0.29, 0.717) is 11.6 Å². The first kappa shape index (κ1) is 14.0. The molecular weight excluding hydrogens is 240 g/mol. The molecule has 2 rings (SSSR count). The van der Waals surface area contributed by atoms with E-state index in [1.807, 2.05) is 11.3 Å². The number of aryl methyl sites for hydroxylation is 1. The van der Waals surface area contributed by atoms with Crippen LogP contribution in [-0.4, -0.2) is 31.6 Å². The molecule has 0 aromatic carbocycles. The second kappa shape index (κ2) is 5.72. The van der Waals surface area contributed by atoms with E-state index in [9.17, 15) is 0 Å². The Bertz CT molecular complexity index is 378. The van der Waals surface area contributed by atoms with E-state index in [2.05, 4.69) is 49.7 Å². The van der Waals surface area contributed by atoms with Crippen molar-refractivity contribution < 1.29 is 0 Å². The Morgan fingerprint density at radius 1 is 1.28 bits per heavy atom. The van der Waals surface area contributed by atoms with Crippen molar-refractivity contribution in [3.8, 4) is 0 Å². The maximum Gasteiger partial charge on any atom is 0.0515 e. The highest BCUT2D eigenvalue weighted by molar-refractivity contribution is 7.10. The van der Waals surface area contributed by atoms with Gasteiger partial charge in [-0.05, 0) is 57.9 Å². The van der Waals surface area contributed by atoms with Crippen LogP contribution in [0.1, 0.15) is 48.6 Å². The number of hydrogen-bond acceptors (Lipinski definition) is 3. The number of nitrogens with zero attached hydrogens (tertiary/aromatic N) is 1. The molecule has 0 amide bonds. The summed E-state index contributed by atoms with van der Waals surface area (Å²) in [5.74, 6) is 0. The highest BCUT2D eigenvalue weighted by atomic mass is 32.1. The fourth-order valence-corrected chi connectivity index (χ4v) is 4.31. The Morgan fingerprint density at radius 2 is 1.94 bits per heavy atom. The summed E-state index contributed by atoms with van der Waals surface area (Å²) in [4.78, 5) is 3.92. The third kappa shape index (κ3) is 2.36. The van der Waals surface area contributed by atoms with E-state index in [-0.39, 0.29) is 0 Å². The molecule has 3 heteroatoms. The Labute approximate surface area is 115 Å². The van der Waals surface area contributed by atoms with E-state index in [1.165, 1.54) is 42.5 Å². The zero-order valence-electron chi connectivity index (χ0n) is 12.1. The highest BCUT2D eigenvalue weighted by Crippen LogP contribution is 2.43. The molecule has 0 saturated heterocycles. The molecule has 18 heavy (non-hydrogen) atoms. The van der Waals surface area contributed by atoms with Gasteiger partial charge in [0.05, 0.1) is 6.04 Å². The molecule has 1 fully saturated rings. The third-order valence-corrected chi connectivity index (χ3v) is 5.51. The van der Waals surface area contributed by atoms with Gasteiger partial charge in [-0.1, -0.05) is 19.3 Å². The molecule has 1 aromatic heterocycles. The number of hydrogen-bond donors (Lipinski definition) is 1. The largest absolute Gasteiger partial charge is 0.311 e. The summed E-state index contributed by atoms with van der Waals surface area (Å²) in [7, 11) is 6.61. The van der Waals surface area contributed by atoms with Crippen LogP contribution >= 0.6 is 11.3 Å². The number of thiophene rings is 1. The lowest BCUT2D eigenvalue weighted by atomic mass is 9.73. The van der Waals surface area contributed by atoms with Crippen LogP contribution in [0.15, 0.2) is 11.4 Å². The van der Waals surface area contributed by atoms with Crippen LogP contribution in [0.25, 0.3) is 0 Å². The molecule has 102 valence electrons. The molecule has 2 nitrogen and oxygen atoms in total. The van der Waals surface area contributed by atoms with Crippen molar-refractivity contribution in [2.45, 2.75) is 50.6 Å². The number of rotatable bonds is 4. The summed E-state index contributed by atoms with van der Waals surface area (Å²) in [5, 5.41) is 5.83. The van der Waals surface area contributed by atoms with Crippen molar-refractivity contribution in [2.24, 2.45) is 0 Å². The van der Waals surface area contributed by atoms with Gasteiger partial charge in [0.15, 0.2) is 0 Å². The average Bonchev–Trinajstić information content (AvgIpc) is 2.78. The minimum Gasteiger partial charge on any atom is -0.311 e. The van der Waals surface area contributed by atoms with Crippen molar-refractivity contribution in [1.29, 1.82) is 0 Å². The molecule has 1 N–H and O–H groups in total. The minimum absolute atomic E-state index is 0.291. The summed E-state index contributed by atoms with van der Waals surface area (Å²) in [6, 6.07) is 2.76. The standard InChI is InChI=1S/C15H26N2S/c1-12-13(8-11-18-12)14(16-2)15(17(3)4)9-6-5-7-10-15/h8,11,14,16H,5-7,9-10H2,1-4H3. The van der Waals surface area contributed by atoms with E-state index < -0.39 is 0 Å². The Hall–Kier alpha value is -0.380. The Morgan fingerprint density at radius 3 is 2.39 bits per heavy atom. The topological polar surface area (TPSA) is 15.3 Å². The summed E-state index contributed by atoms with van der Waals surface area (Å²) in [5.41, 5.74) is 1.79. The molecule has 1 unspecified atom stereocenters. The molecule has 0 spiro atoms. The minimum atomic E-state index is 0.291. The highest BCUT2D eigenvalue weighted by Gasteiger charge is 2.42. The lowest BCUT2D eigenvalue weighted by Gasteiger charge is -2.48. The molecular formula is C15H26N2S. The van der Waals surface area contributed by atoms with Gasteiger partial charge in [0.1, 0.15) is 0 Å². The zero-order valence-corrected chi connectivity index (χ0v) is 12.9. The van der Waals surface area contributed by atoms with Crippen molar-refractivity contribution in [3.05, 3.63) is 21.9 Å². The van der Waals surface area contributed by atoms with Crippen molar-refractivity contribution in [3.63, 3.8) is 0 Å². The van der Waals surface area contributed by atoms with Crippen LogP contribution in [0.3, 0.4) is 0 Å². The van der Waals surface area contributed by atoms with Gasteiger partial charge in [0, 0.05) is 10.4 Å². The first-order valence-electron chi connectivity index (χ1n) is 7.00. The van der Waals surface area contributed by atoms with Crippen LogP contribution < -0.4 is 5.32 Å². The van der Waals surface area contributed by atoms with E-state index in [1.54, 1.807) is 0 Å². The van der Waals surface area contributed by atoms with E-state index in [4.69, 9.17) is 0 Å². The quantitative estimate of drug-likeness (QED) is 0.896. The fraction of sp³-hybridized carbons (Fsp3) is 0.733. The molecule has 0 aliphatic heterocycles. The van der Waals surface area contributed by atoms with Gasteiger partial charge in [-0.3, -0.25) is 0 Å². The predicted molar refractivity (Wildman–Crippen MR) is 80.4 cm³/mol. The van der Waals surface area contributed by atoms with Crippen LogP contribution in [0.5, 0.6) is 0 Å². The van der Waals surface area contributed by atoms with Gasteiger partial charge in [-0.25, -0.2) is 0 Å². The molecule has 1 saturated carbocycles. The molecule has 1 aromatic rings. The Balaban J connectivity index is 2.36. The van der Waals surface area contributed by atoms with E-state index in [0.717, 1.165) is 0 Å². The van der Waals surface area contributed by atoms with Gasteiger partial charge in [-0.2, -0.15) is 0 Å². The lowest BCUT2D eigenvalue weighted by molar-refractivity contribution is 0.0594. The van der Waals surface area contributed by atoms with Gasteiger partial charge in [0.2, 0.25) is 0 Å². The summed E-state index contributed by atoms with van der Waals surface area (Å²) < 4.78 is 0. The summed E-state index contributed by atoms with van der Waals surface area (Å²) >= 11 is 1.86. The predicted octanol–water partition coefficient (Wildman–Crippen LogP) is 3.58. The second-order valence-corrected chi connectivity index (χ2v) is 6.83. The summed E-state index contributed by atoms with van der Waals surface area (Å²) in [6.07, 6.45) is 6.73. The maximum atomic E-state index is 3.60. The molecule has 1 aliphatic rings. The second-order valence-electron chi connectivity index (χ2n) is 5.71. The third-order valence-electron chi connectivity index (χ3n) is 4.65.